The molecule has 30 heavy (non-hydrogen) atoms. The van der Waals surface area contributed by atoms with Crippen LogP contribution in [0.4, 0.5) is 14.5 Å². The van der Waals surface area contributed by atoms with Crippen LogP contribution in [0, 0.1) is 0 Å². The lowest BCUT2D eigenvalue weighted by molar-refractivity contribution is 0.102. The number of aromatic nitrogens is 2. The lowest BCUT2D eigenvalue weighted by Gasteiger charge is -2.16. The number of amides is 1. The molecule has 0 saturated heterocycles. The fourth-order valence-corrected chi connectivity index (χ4v) is 3.79. The molecule has 0 aliphatic carbocycles. The van der Waals surface area contributed by atoms with Crippen LogP contribution in [0.3, 0.4) is 0 Å². The molecule has 2 N–H and O–H groups in total. The van der Waals surface area contributed by atoms with E-state index in [4.69, 9.17) is 4.74 Å². The van der Waals surface area contributed by atoms with Gasteiger partial charge in [-0.3, -0.25) is 4.79 Å². The van der Waals surface area contributed by atoms with Gasteiger partial charge in [-0.05, 0) is 43.3 Å². The van der Waals surface area contributed by atoms with E-state index >= 15 is 0 Å². The minimum absolute atomic E-state index is 0.0854. The summed E-state index contributed by atoms with van der Waals surface area (Å²) in [5, 5.41) is 2.61. The fraction of sp³-hybridized carbons (Fsp3) is 0.263. The Hall–Kier alpha value is -3.05. The van der Waals surface area contributed by atoms with E-state index in [1.54, 1.807) is 6.92 Å². The highest BCUT2D eigenvalue weighted by molar-refractivity contribution is 7.89. The minimum atomic E-state index is -3.81. The molecular formula is C19H20F2N4O4S. The summed E-state index contributed by atoms with van der Waals surface area (Å²) >= 11 is 0. The summed E-state index contributed by atoms with van der Waals surface area (Å²) in [5.74, 6) is -0.849. The topological polar surface area (TPSA) is 104 Å². The molecule has 3 aromatic rings. The highest BCUT2D eigenvalue weighted by atomic mass is 32.2. The van der Waals surface area contributed by atoms with Gasteiger partial charge < -0.3 is 15.0 Å². The smallest absolute Gasteiger partial charge is 0.295 e. The molecule has 1 heterocycles. The van der Waals surface area contributed by atoms with Crippen LogP contribution in [0.15, 0.2) is 41.3 Å². The van der Waals surface area contributed by atoms with Crippen molar-refractivity contribution in [1.29, 1.82) is 0 Å². The summed E-state index contributed by atoms with van der Waals surface area (Å²) < 4.78 is 57.2. The lowest BCUT2D eigenvalue weighted by atomic mass is 10.2. The number of carbonyl (C=O) groups excluding carboxylic acids is 1. The molecule has 2 aromatic carbocycles. The number of nitrogens with zero attached hydrogens (tertiary/aromatic N) is 2. The maximum absolute atomic E-state index is 12.8. The van der Waals surface area contributed by atoms with Crippen LogP contribution in [0.1, 0.15) is 29.5 Å². The predicted molar refractivity (Wildman–Crippen MR) is 107 cm³/mol. The van der Waals surface area contributed by atoms with Crippen LogP contribution in [0.5, 0.6) is 5.75 Å². The summed E-state index contributed by atoms with van der Waals surface area (Å²) in [6.07, 6.45) is -2.75. The van der Waals surface area contributed by atoms with Crippen LogP contribution >= 0.6 is 0 Å². The summed E-state index contributed by atoms with van der Waals surface area (Å²) in [7, 11) is -1.03. The average molecular weight is 438 g/mol. The Balaban J connectivity index is 1.92. The van der Waals surface area contributed by atoms with Crippen LogP contribution in [-0.2, 0) is 10.0 Å². The fourth-order valence-electron chi connectivity index (χ4n) is 2.74. The largest absolute Gasteiger partial charge is 0.492 e. The Morgan fingerprint density at radius 3 is 2.60 bits per heavy atom. The second-order valence-electron chi connectivity index (χ2n) is 6.49. The van der Waals surface area contributed by atoms with Gasteiger partial charge in [-0.1, -0.05) is 0 Å². The van der Waals surface area contributed by atoms with E-state index < -0.39 is 28.2 Å². The number of aromatic amines is 1. The number of hydrogen-bond donors (Lipinski definition) is 2. The Morgan fingerprint density at radius 1 is 1.23 bits per heavy atom. The Morgan fingerprint density at radius 2 is 1.97 bits per heavy atom. The van der Waals surface area contributed by atoms with E-state index in [9.17, 15) is 22.0 Å². The van der Waals surface area contributed by atoms with Crippen LogP contribution in [-0.4, -0.2) is 49.3 Å². The van der Waals surface area contributed by atoms with Crippen molar-refractivity contribution in [3.63, 3.8) is 0 Å². The zero-order valence-corrected chi connectivity index (χ0v) is 17.3. The van der Waals surface area contributed by atoms with Gasteiger partial charge in [-0.2, -0.15) is 0 Å². The number of nitrogens with one attached hydrogen (secondary N) is 2. The Bertz CT molecular complexity index is 1190. The van der Waals surface area contributed by atoms with Gasteiger partial charge in [0, 0.05) is 25.3 Å². The van der Waals surface area contributed by atoms with Crippen molar-refractivity contribution >= 4 is 32.7 Å². The number of benzene rings is 2. The van der Waals surface area contributed by atoms with Crippen molar-refractivity contribution < 1.29 is 26.7 Å². The molecule has 0 aliphatic rings. The molecule has 11 heteroatoms. The molecule has 8 nitrogen and oxygen atoms in total. The van der Waals surface area contributed by atoms with Gasteiger partial charge in [-0.15, -0.1) is 0 Å². The first-order valence-corrected chi connectivity index (χ1v) is 10.4. The molecule has 0 spiro atoms. The predicted octanol–water partition coefficient (Wildman–Crippen LogP) is 3.40. The molecule has 0 fully saturated rings. The summed E-state index contributed by atoms with van der Waals surface area (Å²) in [4.78, 5) is 18.8. The number of carbonyl (C=O) groups is 1. The number of hydrogen-bond acceptors (Lipinski definition) is 5. The third-order valence-electron chi connectivity index (χ3n) is 4.23. The van der Waals surface area contributed by atoms with E-state index in [-0.39, 0.29) is 28.5 Å². The highest BCUT2D eigenvalue weighted by Crippen LogP contribution is 2.29. The van der Waals surface area contributed by atoms with Crippen molar-refractivity contribution in [3.05, 3.63) is 47.8 Å². The van der Waals surface area contributed by atoms with E-state index in [2.05, 4.69) is 15.3 Å². The second-order valence-corrected chi connectivity index (χ2v) is 8.61. The quantitative estimate of drug-likeness (QED) is 0.588. The minimum Gasteiger partial charge on any atom is -0.492 e. The molecule has 3 rings (SSSR count). The zero-order valence-electron chi connectivity index (χ0n) is 16.4. The van der Waals surface area contributed by atoms with Crippen LogP contribution in [0.2, 0.25) is 0 Å². The number of rotatable bonds is 7. The van der Waals surface area contributed by atoms with Crippen LogP contribution in [0.25, 0.3) is 11.0 Å². The van der Waals surface area contributed by atoms with E-state index in [0.717, 1.165) is 4.31 Å². The Labute approximate surface area is 171 Å². The maximum Gasteiger partial charge on any atom is 0.295 e. The second kappa shape index (κ2) is 8.36. The van der Waals surface area contributed by atoms with Gasteiger partial charge in [0.2, 0.25) is 10.0 Å². The van der Waals surface area contributed by atoms with E-state index in [0.29, 0.717) is 11.0 Å². The lowest BCUT2D eigenvalue weighted by Crippen LogP contribution is -2.23. The molecule has 0 unspecified atom stereocenters. The third-order valence-corrected chi connectivity index (χ3v) is 6.07. The van der Waals surface area contributed by atoms with Crippen molar-refractivity contribution in [2.45, 2.75) is 18.2 Å². The normalized spacial score (nSPS) is 12.0. The SMILES string of the molecule is CCOc1ccc(NC(=O)c2ccc3nc(C(F)F)[nH]c3c2)cc1S(=O)(=O)N(C)C. The number of sulfonamides is 1. The number of alkyl halides is 2. The van der Waals surface area contributed by atoms with Gasteiger partial charge in [0.1, 0.15) is 10.6 Å². The number of anilines is 1. The summed E-state index contributed by atoms with van der Waals surface area (Å²) in [5.41, 5.74) is 1.03. The summed E-state index contributed by atoms with van der Waals surface area (Å²) in [6.45, 7) is 2.00. The third kappa shape index (κ3) is 4.26. The van der Waals surface area contributed by atoms with Gasteiger partial charge in [0.25, 0.3) is 12.3 Å². The molecule has 1 amide bonds. The van der Waals surface area contributed by atoms with Gasteiger partial charge in [0.15, 0.2) is 5.82 Å². The number of imidazole rings is 1. The maximum atomic E-state index is 12.8. The van der Waals surface area contributed by atoms with Crippen molar-refractivity contribution in [1.82, 2.24) is 14.3 Å². The molecule has 1 aromatic heterocycles. The van der Waals surface area contributed by atoms with Crippen molar-refractivity contribution in [2.24, 2.45) is 0 Å². The van der Waals surface area contributed by atoms with Crippen molar-refractivity contribution in [2.75, 3.05) is 26.0 Å². The van der Waals surface area contributed by atoms with E-state index in [1.807, 2.05) is 0 Å². The average Bonchev–Trinajstić information content (AvgIpc) is 3.12. The zero-order chi connectivity index (χ0) is 22.1. The number of halogens is 2. The number of H-pyrrole nitrogens is 1. The molecule has 0 atom stereocenters. The first-order chi connectivity index (χ1) is 14.1. The van der Waals surface area contributed by atoms with Gasteiger partial charge in [-0.25, -0.2) is 26.5 Å². The molecule has 0 bridgehead atoms. The first kappa shape index (κ1) is 21.7. The Kier molecular flexibility index (Phi) is 6.04. The monoisotopic (exact) mass is 438 g/mol. The molecule has 0 saturated carbocycles. The number of fused-ring (bicyclic) bond motifs is 1. The standard InChI is InChI=1S/C19H20F2N4O4S/c1-4-29-15-8-6-12(10-16(15)30(27,28)25(2)3)22-19(26)11-5-7-13-14(9-11)24-18(23-13)17(20)21/h5-10,17H,4H2,1-3H3,(H,22,26)(H,23,24). The molecule has 0 aliphatic heterocycles. The summed E-state index contributed by atoms with van der Waals surface area (Å²) in [6, 6.07) is 8.58. The van der Waals surface area contributed by atoms with Crippen molar-refractivity contribution in [3.8, 4) is 5.75 Å². The highest BCUT2D eigenvalue weighted by Gasteiger charge is 2.23. The molecule has 0 radical (unpaired) electrons. The van der Waals surface area contributed by atoms with E-state index in [1.165, 1.54) is 50.5 Å². The van der Waals surface area contributed by atoms with Gasteiger partial charge in [0.05, 0.1) is 17.6 Å². The van der Waals surface area contributed by atoms with Crippen LogP contribution < -0.4 is 10.1 Å². The molecular weight excluding hydrogens is 418 g/mol. The first-order valence-electron chi connectivity index (χ1n) is 8.92. The number of ether oxygens (including phenoxy) is 1. The van der Waals surface area contributed by atoms with Gasteiger partial charge >= 0.3 is 0 Å². The molecule has 160 valence electrons.